The van der Waals surface area contributed by atoms with Crippen LogP contribution >= 0.6 is 15.9 Å². The predicted octanol–water partition coefficient (Wildman–Crippen LogP) is 1.04. The molecule has 0 saturated heterocycles. The van der Waals surface area contributed by atoms with Crippen molar-refractivity contribution in [1.82, 2.24) is 5.32 Å². The number of nitrogens with two attached hydrogens (primary N) is 1. The number of aryl methyl sites for hydroxylation is 1. The van der Waals surface area contributed by atoms with Gasteiger partial charge in [-0.25, -0.2) is 0 Å². The minimum atomic E-state index is -1.15. The maximum absolute atomic E-state index is 12.3. The van der Waals surface area contributed by atoms with Gasteiger partial charge in [0, 0.05) is 25.0 Å². The third-order valence-corrected chi connectivity index (χ3v) is 5.84. The van der Waals surface area contributed by atoms with Gasteiger partial charge >= 0.3 is 0 Å². The van der Waals surface area contributed by atoms with Crippen LogP contribution in [0.1, 0.15) is 36.0 Å². The van der Waals surface area contributed by atoms with Crippen molar-refractivity contribution in [3.63, 3.8) is 0 Å². The van der Waals surface area contributed by atoms with Crippen LogP contribution in [0, 0.1) is 6.92 Å². The first kappa shape index (κ1) is 20.8. The first-order valence-corrected chi connectivity index (χ1v) is 10.2. The number of aliphatic hydroxyl groups excluding tert-OH is 2. The largest absolute Gasteiger partial charge is 0.482 e. The SMILES string of the molecule is Cc1cc(Br)c(O[C@@H]2C=C(C(=O)NCCC(N)=O)C[C@@H](O)[C@H]2O)c2c1CCC2. The summed E-state index contributed by atoms with van der Waals surface area (Å²) in [7, 11) is 0. The molecule has 0 fully saturated rings. The predicted molar refractivity (Wildman–Crippen MR) is 107 cm³/mol. The fourth-order valence-corrected chi connectivity index (χ4v) is 4.47. The number of benzene rings is 1. The van der Waals surface area contributed by atoms with Crippen molar-refractivity contribution in [2.45, 2.75) is 57.3 Å². The summed E-state index contributed by atoms with van der Waals surface area (Å²) < 4.78 is 6.89. The van der Waals surface area contributed by atoms with Crippen LogP contribution in [-0.4, -0.2) is 46.9 Å². The van der Waals surface area contributed by atoms with Gasteiger partial charge in [-0.05, 0) is 70.9 Å². The molecule has 8 heteroatoms. The van der Waals surface area contributed by atoms with E-state index in [1.165, 1.54) is 11.1 Å². The van der Waals surface area contributed by atoms with Gasteiger partial charge in [0.05, 0.1) is 10.6 Å². The molecule has 0 aromatic heterocycles. The summed E-state index contributed by atoms with van der Waals surface area (Å²) in [5.41, 5.74) is 8.95. The van der Waals surface area contributed by atoms with Gasteiger partial charge in [0.1, 0.15) is 18.0 Å². The van der Waals surface area contributed by atoms with E-state index < -0.39 is 30.1 Å². The molecule has 0 saturated carbocycles. The van der Waals surface area contributed by atoms with Gasteiger partial charge in [0.25, 0.3) is 0 Å². The number of ether oxygens (including phenoxy) is 1. The average Bonchev–Trinajstić information content (AvgIpc) is 3.11. The molecule has 1 aromatic rings. The van der Waals surface area contributed by atoms with Crippen LogP contribution in [0.15, 0.2) is 22.2 Å². The van der Waals surface area contributed by atoms with Crippen molar-refractivity contribution in [1.29, 1.82) is 0 Å². The van der Waals surface area contributed by atoms with Crippen LogP contribution in [0.5, 0.6) is 5.75 Å². The van der Waals surface area contributed by atoms with Crippen molar-refractivity contribution in [3.05, 3.63) is 38.9 Å². The lowest BCUT2D eigenvalue weighted by Gasteiger charge is -2.31. The smallest absolute Gasteiger partial charge is 0.247 e. The van der Waals surface area contributed by atoms with Crippen LogP contribution in [-0.2, 0) is 22.4 Å². The van der Waals surface area contributed by atoms with Gasteiger partial charge in [0.2, 0.25) is 11.8 Å². The minimum absolute atomic E-state index is 0.0105. The highest BCUT2D eigenvalue weighted by molar-refractivity contribution is 9.10. The van der Waals surface area contributed by atoms with E-state index in [1.807, 2.05) is 6.07 Å². The number of nitrogens with one attached hydrogen (secondary N) is 1. The van der Waals surface area contributed by atoms with E-state index in [0.29, 0.717) is 11.3 Å². The second-order valence-electron chi connectivity index (χ2n) is 7.32. The maximum atomic E-state index is 12.3. The topological polar surface area (TPSA) is 122 Å². The lowest BCUT2D eigenvalue weighted by atomic mass is 9.91. The first-order chi connectivity index (χ1) is 13.3. The van der Waals surface area contributed by atoms with Crippen molar-refractivity contribution < 1.29 is 24.5 Å². The fourth-order valence-electron chi connectivity index (χ4n) is 3.79. The Morgan fingerprint density at radius 1 is 1.32 bits per heavy atom. The van der Waals surface area contributed by atoms with Crippen molar-refractivity contribution in [2.75, 3.05) is 6.54 Å². The third kappa shape index (κ3) is 4.39. The number of carbonyl (C=O) groups excluding carboxylic acids is 2. The molecule has 1 aromatic carbocycles. The highest BCUT2D eigenvalue weighted by Gasteiger charge is 2.35. The molecular weight excluding hydrogens is 428 g/mol. The molecule has 3 rings (SSSR count). The summed E-state index contributed by atoms with van der Waals surface area (Å²) in [5, 5.41) is 23.2. The van der Waals surface area contributed by atoms with Crippen molar-refractivity contribution >= 4 is 27.7 Å². The van der Waals surface area contributed by atoms with Gasteiger partial charge in [-0.15, -0.1) is 0 Å². The zero-order chi connectivity index (χ0) is 20.4. The normalized spacial score (nSPS) is 23.7. The molecule has 2 aliphatic rings. The second-order valence-corrected chi connectivity index (χ2v) is 8.18. The van der Waals surface area contributed by atoms with Crippen molar-refractivity contribution in [2.24, 2.45) is 5.73 Å². The van der Waals surface area contributed by atoms with Crippen LogP contribution in [0.3, 0.4) is 0 Å². The molecule has 7 nitrogen and oxygen atoms in total. The highest BCUT2D eigenvalue weighted by atomic mass is 79.9. The number of carbonyl (C=O) groups is 2. The van der Waals surface area contributed by atoms with Gasteiger partial charge in [0.15, 0.2) is 0 Å². The molecule has 0 bridgehead atoms. The number of amides is 2. The van der Waals surface area contributed by atoms with Crippen molar-refractivity contribution in [3.8, 4) is 5.75 Å². The Balaban J connectivity index is 1.82. The van der Waals surface area contributed by atoms with E-state index in [1.54, 1.807) is 6.08 Å². The molecule has 0 unspecified atom stereocenters. The summed E-state index contributed by atoms with van der Waals surface area (Å²) in [6.07, 6.45) is 1.39. The maximum Gasteiger partial charge on any atom is 0.247 e. The Morgan fingerprint density at radius 3 is 2.75 bits per heavy atom. The second kappa shape index (κ2) is 8.63. The molecule has 0 spiro atoms. The lowest BCUT2D eigenvalue weighted by Crippen LogP contribution is -2.45. The summed E-state index contributed by atoms with van der Waals surface area (Å²) in [6, 6.07) is 1.99. The standard InChI is InChI=1S/C20H25BrN2O5/c1-10-7-14(21)19(13-4-2-3-12(10)13)28-16-9-11(8-15(24)18(16)26)20(27)23-6-5-17(22)25/h7,9,15-16,18,24,26H,2-6,8H2,1H3,(H2,22,25)(H,23,27)/t15-,16-,18-/m1/s1. The van der Waals surface area contributed by atoms with Gasteiger partial charge in [-0.1, -0.05) is 0 Å². The minimum Gasteiger partial charge on any atom is -0.482 e. The van der Waals surface area contributed by atoms with E-state index in [4.69, 9.17) is 10.5 Å². The molecule has 152 valence electrons. The molecule has 0 heterocycles. The average molecular weight is 453 g/mol. The molecule has 28 heavy (non-hydrogen) atoms. The number of fused-ring (bicyclic) bond motifs is 1. The zero-order valence-corrected chi connectivity index (χ0v) is 17.3. The van der Waals surface area contributed by atoms with E-state index in [9.17, 15) is 19.8 Å². The molecule has 0 aliphatic heterocycles. The van der Waals surface area contributed by atoms with Gasteiger partial charge in [-0.2, -0.15) is 0 Å². The van der Waals surface area contributed by atoms with Gasteiger partial charge in [-0.3, -0.25) is 9.59 Å². The van der Waals surface area contributed by atoms with Crippen LogP contribution in [0.2, 0.25) is 0 Å². The number of aliphatic hydroxyl groups is 2. The molecular formula is C20H25BrN2O5. The van der Waals surface area contributed by atoms with E-state index in [2.05, 4.69) is 28.2 Å². The van der Waals surface area contributed by atoms with E-state index in [-0.39, 0.29) is 19.4 Å². The first-order valence-electron chi connectivity index (χ1n) is 9.38. The summed E-state index contributed by atoms with van der Waals surface area (Å²) in [4.78, 5) is 23.2. The molecule has 2 aliphatic carbocycles. The van der Waals surface area contributed by atoms with Crippen LogP contribution in [0.4, 0.5) is 0 Å². The number of primary amides is 1. The van der Waals surface area contributed by atoms with E-state index in [0.717, 1.165) is 29.3 Å². The highest BCUT2D eigenvalue weighted by Crippen LogP contribution is 2.40. The Bertz CT molecular complexity index is 823. The number of hydrogen-bond donors (Lipinski definition) is 4. The molecule has 2 amide bonds. The third-order valence-electron chi connectivity index (χ3n) is 5.26. The quantitative estimate of drug-likeness (QED) is 0.513. The summed E-state index contributed by atoms with van der Waals surface area (Å²) in [6.45, 7) is 2.18. The lowest BCUT2D eigenvalue weighted by molar-refractivity contribution is -0.119. The Hall–Kier alpha value is -1.90. The van der Waals surface area contributed by atoms with Crippen LogP contribution < -0.4 is 15.8 Å². The Labute approximate surface area is 172 Å². The van der Waals surface area contributed by atoms with Crippen LogP contribution in [0.25, 0.3) is 0 Å². The fraction of sp³-hybridized carbons (Fsp3) is 0.500. The molecule has 0 radical (unpaired) electrons. The summed E-state index contributed by atoms with van der Waals surface area (Å²) >= 11 is 3.54. The van der Waals surface area contributed by atoms with Gasteiger partial charge < -0.3 is 26.0 Å². The summed E-state index contributed by atoms with van der Waals surface area (Å²) in [5.74, 6) is -0.261. The molecule has 5 N–H and O–H groups in total. The monoisotopic (exact) mass is 452 g/mol. The van der Waals surface area contributed by atoms with E-state index >= 15 is 0 Å². The number of halogens is 1. The number of rotatable bonds is 6. The Kier molecular flexibility index (Phi) is 6.42. The molecule has 3 atom stereocenters. The number of hydrogen-bond acceptors (Lipinski definition) is 5. The zero-order valence-electron chi connectivity index (χ0n) is 15.7. The Morgan fingerprint density at radius 2 is 2.04 bits per heavy atom.